The molecule has 4 heteroatoms. The highest BCUT2D eigenvalue weighted by atomic mass is 16.4. The lowest BCUT2D eigenvalue weighted by Gasteiger charge is -2.35. The average molecular weight is 238 g/mol. The Bertz CT molecular complexity index is 356. The van der Waals surface area contributed by atoms with Crippen molar-refractivity contribution in [3.63, 3.8) is 0 Å². The number of oxazole rings is 1. The summed E-state index contributed by atoms with van der Waals surface area (Å²) in [5, 5.41) is 9.84. The van der Waals surface area contributed by atoms with Crippen molar-refractivity contribution < 1.29 is 9.52 Å². The molecule has 0 bridgehead atoms. The molecule has 1 aromatic rings. The topological polar surface area (TPSA) is 49.5 Å². The molecule has 1 saturated heterocycles. The van der Waals surface area contributed by atoms with Crippen LogP contribution in [0.25, 0.3) is 0 Å². The predicted molar refractivity (Wildman–Crippen MR) is 65.7 cm³/mol. The SMILES string of the molecule is CCC1CN(Cc2nc(C)c(C)o2)CCC1O. The summed E-state index contributed by atoms with van der Waals surface area (Å²) in [6, 6.07) is 0. The van der Waals surface area contributed by atoms with Gasteiger partial charge in [-0.3, -0.25) is 4.90 Å². The molecule has 0 spiro atoms. The number of aliphatic hydroxyl groups is 1. The Kier molecular flexibility index (Phi) is 3.84. The molecule has 17 heavy (non-hydrogen) atoms. The van der Waals surface area contributed by atoms with Crippen LogP contribution in [0.3, 0.4) is 0 Å². The second-order valence-electron chi connectivity index (χ2n) is 5.01. The first-order valence-electron chi connectivity index (χ1n) is 6.43. The summed E-state index contributed by atoms with van der Waals surface area (Å²) in [5.41, 5.74) is 0.976. The number of aryl methyl sites for hydroxylation is 2. The molecule has 1 aromatic heterocycles. The maximum Gasteiger partial charge on any atom is 0.208 e. The number of rotatable bonds is 3. The Morgan fingerprint density at radius 1 is 1.47 bits per heavy atom. The summed E-state index contributed by atoms with van der Waals surface area (Å²) in [6.07, 6.45) is 1.75. The van der Waals surface area contributed by atoms with Gasteiger partial charge in [0.1, 0.15) is 5.76 Å². The van der Waals surface area contributed by atoms with Crippen LogP contribution in [0.15, 0.2) is 4.42 Å². The van der Waals surface area contributed by atoms with Gasteiger partial charge in [-0.2, -0.15) is 0 Å². The normalized spacial score (nSPS) is 26.4. The van der Waals surface area contributed by atoms with Crippen molar-refractivity contribution in [1.29, 1.82) is 0 Å². The summed E-state index contributed by atoms with van der Waals surface area (Å²) in [6.45, 7) is 8.68. The number of aliphatic hydroxyl groups excluding tert-OH is 1. The van der Waals surface area contributed by atoms with Crippen LogP contribution in [0.1, 0.15) is 37.1 Å². The predicted octanol–water partition coefficient (Wildman–Crippen LogP) is 1.88. The summed E-state index contributed by atoms with van der Waals surface area (Å²) in [5.74, 6) is 2.09. The molecule has 2 atom stereocenters. The minimum Gasteiger partial charge on any atom is -0.444 e. The van der Waals surface area contributed by atoms with E-state index >= 15 is 0 Å². The van der Waals surface area contributed by atoms with Gasteiger partial charge in [0.15, 0.2) is 0 Å². The zero-order valence-electron chi connectivity index (χ0n) is 10.9. The zero-order chi connectivity index (χ0) is 12.4. The Hall–Kier alpha value is -0.870. The van der Waals surface area contributed by atoms with Crippen molar-refractivity contribution in [2.45, 2.75) is 46.3 Å². The summed E-state index contributed by atoms with van der Waals surface area (Å²) < 4.78 is 5.60. The van der Waals surface area contributed by atoms with E-state index in [1.165, 1.54) is 0 Å². The van der Waals surface area contributed by atoms with Crippen LogP contribution in [0, 0.1) is 19.8 Å². The number of nitrogens with zero attached hydrogens (tertiary/aromatic N) is 2. The first-order chi connectivity index (χ1) is 8.10. The van der Waals surface area contributed by atoms with E-state index in [2.05, 4.69) is 16.8 Å². The van der Waals surface area contributed by atoms with Crippen LogP contribution in [0.5, 0.6) is 0 Å². The van der Waals surface area contributed by atoms with Gasteiger partial charge in [0.05, 0.1) is 18.3 Å². The van der Waals surface area contributed by atoms with Gasteiger partial charge in [0.2, 0.25) is 5.89 Å². The van der Waals surface area contributed by atoms with Crippen LogP contribution in [-0.4, -0.2) is 34.2 Å². The van der Waals surface area contributed by atoms with Crippen LogP contribution >= 0.6 is 0 Å². The Labute approximate surface area is 103 Å². The molecule has 96 valence electrons. The molecule has 1 aliphatic rings. The molecule has 0 aromatic carbocycles. The largest absolute Gasteiger partial charge is 0.444 e. The number of likely N-dealkylation sites (tertiary alicyclic amines) is 1. The molecule has 2 rings (SSSR count). The third-order valence-corrected chi connectivity index (χ3v) is 3.73. The Morgan fingerprint density at radius 3 is 2.82 bits per heavy atom. The quantitative estimate of drug-likeness (QED) is 0.873. The lowest BCUT2D eigenvalue weighted by atomic mass is 9.92. The molecular weight excluding hydrogens is 216 g/mol. The molecule has 1 N–H and O–H groups in total. The molecule has 2 heterocycles. The second-order valence-corrected chi connectivity index (χ2v) is 5.01. The van der Waals surface area contributed by atoms with Gasteiger partial charge in [-0.1, -0.05) is 6.92 Å². The van der Waals surface area contributed by atoms with E-state index in [0.717, 1.165) is 49.8 Å². The van der Waals surface area contributed by atoms with E-state index in [4.69, 9.17) is 4.42 Å². The van der Waals surface area contributed by atoms with Gasteiger partial charge < -0.3 is 9.52 Å². The fraction of sp³-hybridized carbons (Fsp3) is 0.769. The molecule has 1 aliphatic heterocycles. The van der Waals surface area contributed by atoms with Crippen LogP contribution in [-0.2, 0) is 6.54 Å². The average Bonchev–Trinajstić information content (AvgIpc) is 2.61. The van der Waals surface area contributed by atoms with Gasteiger partial charge in [-0.05, 0) is 32.6 Å². The van der Waals surface area contributed by atoms with Crippen molar-refractivity contribution in [3.05, 3.63) is 17.3 Å². The van der Waals surface area contributed by atoms with E-state index in [1.807, 2.05) is 13.8 Å². The molecule has 0 saturated carbocycles. The lowest BCUT2D eigenvalue weighted by Crippen LogP contribution is -2.42. The smallest absolute Gasteiger partial charge is 0.208 e. The van der Waals surface area contributed by atoms with Gasteiger partial charge in [0, 0.05) is 13.1 Å². The first kappa shape index (κ1) is 12.6. The molecule has 2 unspecified atom stereocenters. The van der Waals surface area contributed by atoms with Crippen molar-refractivity contribution >= 4 is 0 Å². The third-order valence-electron chi connectivity index (χ3n) is 3.73. The van der Waals surface area contributed by atoms with Crippen LogP contribution < -0.4 is 0 Å². The highest BCUT2D eigenvalue weighted by Gasteiger charge is 2.27. The van der Waals surface area contributed by atoms with E-state index in [0.29, 0.717) is 5.92 Å². The molecule has 4 nitrogen and oxygen atoms in total. The van der Waals surface area contributed by atoms with Gasteiger partial charge in [-0.25, -0.2) is 4.98 Å². The minimum atomic E-state index is -0.135. The first-order valence-corrected chi connectivity index (χ1v) is 6.43. The molecular formula is C13H22N2O2. The maximum atomic E-state index is 9.84. The van der Waals surface area contributed by atoms with Crippen LogP contribution in [0.2, 0.25) is 0 Å². The summed E-state index contributed by atoms with van der Waals surface area (Å²) in [7, 11) is 0. The zero-order valence-corrected chi connectivity index (χ0v) is 10.9. The highest BCUT2D eigenvalue weighted by molar-refractivity contribution is 5.05. The molecule has 1 fully saturated rings. The lowest BCUT2D eigenvalue weighted by molar-refractivity contribution is 0.0192. The number of hydrogen-bond acceptors (Lipinski definition) is 4. The van der Waals surface area contributed by atoms with Crippen LogP contribution in [0.4, 0.5) is 0 Å². The third kappa shape index (κ3) is 2.87. The second kappa shape index (κ2) is 5.19. The van der Waals surface area contributed by atoms with E-state index in [-0.39, 0.29) is 6.10 Å². The number of piperidine rings is 1. The Balaban J connectivity index is 1.95. The molecule has 0 radical (unpaired) electrons. The van der Waals surface area contributed by atoms with E-state index in [9.17, 15) is 5.11 Å². The van der Waals surface area contributed by atoms with Crippen molar-refractivity contribution in [3.8, 4) is 0 Å². The van der Waals surface area contributed by atoms with Gasteiger partial charge in [-0.15, -0.1) is 0 Å². The van der Waals surface area contributed by atoms with Gasteiger partial charge in [0.25, 0.3) is 0 Å². The fourth-order valence-corrected chi connectivity index (χ4v) is 2.44. The fourth-order valence-electron chi connectivity index (χ4n) is 2.44. The molecule has 0 amide bonds. The van der Waals surface area contributed by atoms with Crippen molar-refractivity contribution in [1.82, 2.24) is 9.88 Å². The van der Waals surface area contributed by atoms with Gasteiger partial charge >= 0.3 is 0 Å². The monoisotopic (exact) mass is 238 g/mol. The van der Waals surface area contributed by atoms with E-state index < -0.39 is 0 Å². The minimum absolute atomic E-state index is 0.135. The highest BCUT2D eigenvalue weighted by Crippen LogP contribution is 2.21. The molecule has 0 aliphatic carbocycles. The van der Waals surface area contributed by atoms with Crippen molar-refractivity contribution in [2.75, 3.05) is 13.1 Å². The summed E-state index contributed by atoms with van der Waals surface area (Å²) in [4.78, 5) is 6.73. The standard InChI is InChI=1S/C13H22N2O2/c1-4-11-7-15(6-5-12(11)16)8-13-14-9(2)10(3)17-13/h11-12,16H,4-8H2,1-3H3. The van der Waals surface area contributed by atoms with E-state index in [1.54, 1.807) is 0 Å². The summed E-state index contributed by atoms with van der Waals surface area (Å²) >= 11 is 0. The maximum absolute atomic E-state index is 9.84. The number of hydrogen-bond donors (Lipinski definition) is 1. The number of aromatic nitrogens is 1. The Morgan fingerprint density at radius 2 is 2.24 bits per heavy atom. The van der Waals surface area contributed by atoms with Crippen molar-refractivity contribution in [2.24, 2.45) is 5.92 Å².